The number of carbonyl (C=O) groups is 1. The first-order valence-electron chi connectivity index (χ1n) is 7.64. The summed E-state index contributed by atoms with van der Waals surface area (Å²) in [6.07, 6.45) is 1.74. The molecular weight excluding hydrogens is 240 g/mol. The Morgan fingerprint density at radius 2 is 1.74 bits per heavy atom. The number of Topliss-reactive ketones (excluding diaryl/α,β-unsaturated/α-hetero) is 1. The van der Waals surface area contributed by atoms with Crippen LogP contribution < -0.4 is 0 Å². The van der Waals surface area contributed by atoms with Crippen molar-refractivity contribution in [3.8, 4) is 0 Å². The van der Waals surface area contributed by atoms with E-state index in [0.29, 0.717) is 36.8 Å². The molecule has 3 nitrogen and oxygen atoms in total. The van der Waals surface area contributed by atoms with Gasteiger partial charge < -0.3 is 9.47 Å². The standard InChI is InChI=1S/C16H24O3/c1-9-7-16(18-5-6-19-16)8-10-12(17)11-13(14(11,2)3)15(9,10)4/h9-11,13H,5-8H2,1-4H3/t9-,10+,11+,13-,15+/m1/s1. The van der Waals surface area contributed by atoms with E-state index in [1.54, 1.807) is 0 Å². The summed E-state index contributed by atoms with van der Waals surface area (Å²) < 4.78 is 11.8. The zero-order chi connectivity index (χ0) is 13.6. The van der Waals surface area contributed by atoms with E-state index < -0.39 is 5.79 Å². The quantitative estimate of drug-likeness (QED) is 0.674. The molecule has 0 amide bonds. The summed E-state index contributed by atoms with van der Waals surface area (Å²) in [5.74, 6) is 1.55. The van der Waals surface area contributed by atoms with E-state index in [1.807, 2.05) is 0 Å². The lowest BCUT2D eigenvalue weighted by molar-refractivity contribution is -0.221. The van der Waals surface area contributed by atoms with Gasteiger partial charge in [0.2, 0.25) is 0 Å². The van der Waals surface area contributed by atoms with E-state index in [9.17, 15) is 4.79 Å². The molecule has 0 aromatic heterocycles. The maximum Gasteiger partial charge on any atom is 0.169 e. The molecule has 0 aromatic carbocycles. The number of ether oxygens (including phenoxy) is 2. The van der Waals surface area contributed by atoms with Crippen molar-refractivity contribution < 1.29 is 14.3 Å². The molecule has 4 aliphatic rings. The Morgan fingerprint density at radius 3 is 2.37 bits per heavy atom. The van der Waals surface area contributed by atoms with Crippen LogP contribution in [-0.2, 0) is 14.3 Å². The topological polar surface area (TPSA) is 35.5 Å². The summed E-state index contributed by atoms with van der Waals surface area (Å²) in [4.78, 5) is 12.8. The van der Waals surface area contributed by atoms with Crippen LogP contribution in [-0.4, -0.2) is 24.8 Å². The van der Waals surface area contributed by atoms with Crippen LogP contribution in [0.1, 0.15) is 40.5 Å². The lowest BCUT2D eigenvalue weighted by Crippen LogP contribution is -2.51. The van der Waals surface area contributed by atoms with Crippen molar-refractivity contribution >= 4 is 5.78 Å². The van der Waals surface area contributed by atoms with Gasteiger partial charge >= 0.3 is 0 Å². The first-order chi connectivity index (χ1) is 8.83. The van der Waals surface area contributed by atoms with E-state index in [0.717, 1.165) is 12.8 Å². The van der Waals surface area contributed by atoms with E-state index >= 15 is 0 Å². The molecule has 0 N–H and O–H groups in total. The normalized spacial score (nSPS) is 53.2. The zero-order valence-corrected chi connectivity index (χ0v) is 12.4. The van der Waals surface area contributed by atoms with Crippen molar-refractivity contribution in [1.82, 2.24) is 0 Å². The van der Waals surface area contributed by atoms with Gasteiger partial charge in [-0.2, -0.15) is 0 Å². The number of hydrogen-bond acceptors (Lipinski definition) is 3. The molecule has 4 fully saturated rings. The molecule has 106 valence electrons. The Morgan fingerprint density at radius 1 is 1.11 bits per heavy atom. The highest BCUT2D eigenvalue weighted by Gasteiger charge is 2.79. The molecule has 0 unspecified atom stereocenters. The second-order valence-corrected chi connectivity index (χ2v) is 8.01. The van der Waals surface area contributed by atoms with Crippen molar-refractivity contribution in [3.05, 3.63) is 0 Å². The lowest BCUT2D eigenvalue weighted by atomic mass is 9.57. The predicted octanol–water partition coefficient (Wildman–Crippen LogP) is 2.64. The molecular formula is C16H24O3. The van der Waals surface area contributed by atoms with Crippen LogP contribution in [0.15, 0.2) is 0 Å². The minimum Gasteiger partial charge on any atom is -0.348 e. The Kier molecular flexibility index (Phi) is 2.11. The third-order valence-corrected chi connectivity index (χ3v) is 6.91. The molecule has 1 aliphatic heterocycles. The van der Waals surface area contributed by atoms with Crippen LogP contribution in [0.5, 0.6) is 0 Å². The largest absolute Gasteiger partial charge is 0.348 e. The minimum absolute atomic E-state index is 0.150. The van der Waals surface area contributed by atoms with E-state index in [-0.39, 0.29) is 16.7 Å². The highest BCUT2D eigenvalue weighted by molar-refractivity contribution is 5.92. The molecule has 0 radical (unpaired) electrons. The fraction of sp³-hybridized carbons (Fsp3) is 0.938. The zero-order valence-electron chi connectivity index (χ0n) is 12.4. The van der Waals surface area contributed by atoms with Crippen LogP contribution in [0.25, 0.3) is 0 Å². The molecule has 19 heavy (non-hydrogen) atoms. The maximum absolute atomic E-state index is 12.8. The van der Waals surface area contributed by atoms with Crippen molar-refractivity contribution in [2.75, 3.05) is 13.2 Å². The van der Waals surface area contributed by atoms with Gasteiger partial charge in [0.25, 0.3) is 0 Å². The Balaban J connectivity index is 1.72. The van der Waals surface area contributed by atoms with Gasteiger partial charge in [-0.25, -0.2) is 0 Å². The maximum atomic E-state index is 12.8. The SMILES string of the molecule is C[C@@H]1CC2(C[C@H]3C(=O)[C@H]4[C@H](C4(C)C)[C@@]13C)OCCO2. The number of ketones is 1. The Hall–Kier alpha value is -0.410. The summed E-state index contributed by atoms with van der Waals surface area (Å²) in [6, 6.07) is 0. The molecule has 3 heteroatoms. The van der Waals surface area contributed by atoms with Gasteiger partial charge in [0, 0.05) is 24.7 Å². The second kappa shape index (κ2) is 3.25. The number of carbonyl (C=O) groups excluding carboxylic acids is 1. The Bertz CT molecular complexity index is 449. The van der Waals surface area contributed by atoms with Crippen LogP contribution in [0.2, 0.25) is 0 Å². The highest BCUT2D eigenvalue weighted by atomic mass is 16.7. The van der Waals surface area contributed by atoms with Gasteiger partial charge in [0.1, 0.15) is 5.78 Å². The first kappa shape index (κ1) is 12.3. The van der Waals surface area contributed by atoms with Crippen molar-refractivity contribution in [2.24, 2.45) is 34.5 Å². The molecule has 0 aromatic rings. The molecule has 1 saturated heterocycles. The molecule has 1 spiro atoms. The van der Waals surface area contributed by atoms with E-state index in [4.69, 9.17) is 9.47 Å². The molecule has 3 saturated carbocycles. The smallest absolute Gasteiger partial charge is 0.169 e. The summed E-state index contributed by atoms with van der Waals surface area (Å²) in [7, 11) is 0. The summed E-state index contributed by atoms with van der Waals surface area (Å²) in [5, 5.41) is 0. The van der Waals surface area contributed by atoms with Gasteiger partial charge in [-0.3, -0.25) is 4.79 Å². The average Bonchev–Trinajstić information content (AvgIpc) is 2.65. The molecule has 0 bridgehead atoms. The monoisotopic (exact) mass is 264 g/mol. The van der Waals surface area contributed by atoms with Crippen LogP contribution in [0.3, 0.4) is 0 Å². The molecule has 1 heterocycles. The van der Waals surface area contributed by atoms with Crippen molar-refractivity contribution in [3.63, 3.8) is 0 Å². The Labute approximate surface area is 115 Å². The van der Waals surface area contributed by atoms with Crippen LogP contribution in [0.4, 0.5) is 0 Å². The predicted molar refractivity (Wildman–Crippen MR) is 70.4 cm³/mol. The van der Waals surface area contributed by atoms with Gasteiger partial charge in [-0.1, -0.05) is 27.7 Å². The van der Waals surface area contributed by atoms with Crippen LogP contribution in [0, 0.1) is 34.5 Å². The fourth-order valence-electron chi connectivity index (χ4n) is 5.85. The summed E-state index contributed by atoms with van der Waals surface area (Å²) >= 11 is 0. The van der Waals surface area contributed by atoms with Crippen molar-refractivity contribution in [1.29, 1.82) is 0 Å². The second-order valence-electron chi connectivity index (χ2n) is 8.01. The third-order valence-electron chi connectivity index (χ3n) is 6.91. The molecule has 3 aliphatic carbocycles. The molecule has 4 rings (SSSR count). The number of rotatable bonds is 0. The molecule has 5 atom stereocenters. The van der Waals surface area contributed by atoms with Gasteiger partial charge in [-0.05, 0) is 22.7 Å². The van der Waals surface area contributed by atoms with E-state index in [1.165, 1.54) is 0 Å². The summed E-state index contributed by atoms with van der Waals surface area (Å²) in [5.41, 5.74) is 0.379. The number of hydrogen-bond donors (Lipinski definition) is 0. The fourth-order valence-corrected chi connectivity index (χ4v) is 5.85. The minimum atomic E-state index is -0.444. The highest BCUT2D eigenvalue weighted by Crippen LogP contribution is 2.78. The first-order valence-corrected chi connectivity index (χ1v) is 7.64. The van der Waals surface area contributed by atoms with Gasteiger partial charge in [0.05, 0.1) is 13.2 Å². The number of fused-ring (bicyclic) bond motifs is 3. The van der Waals surface area contributed by atoms with Crippen LogP contribution >= 0.6 is 0 Å². The lowest BCUT2D eigenvalue weighted by Gasteiger charge is -2.50. The third kappa shape index (κ3) is 1.25. The summed E-state index contributed by atoms with van der Waals surface area (Å²) in [6.45, 7) is 10.5. The van der Waals surface area contributed by atoms with Gasteiger partial charge in [0.15, 0.2) is 5.79 Å². The average molecular weight is 264 g/mol. The van der Waals surface area contributed by atoms with Crippen molar-refractivity contribution in [2.45, 2.75) is 46.3 Å². The van der Waals surface area contributed by atoms with E-state index in [2.05, 4.69) is 27.7 Å². The van der Waals surface area contributed by atoms with Gasteiger partial charge in [-0.15, -0.1) is 0 Å².